The molecule has 1 aromatic heterocycles. The van der Waals surface area contributed by atoms with Crippen molar-refractivity contribution in [3.63, 3.8) is 0 Å². The van der Waals surface area contributed by atoms with Crippen LogP contribution in [0.25, 0.3) is 10.9 Å². The zero-order valence-electron chi connectivity index (χ0n) is 18.0. The van der Waals surface area contributed by atoms with E-state index in [0.29, 0.717) is 29.9 Å². The number of aromatic nitrogens is 2. The smallest absolute Gasteiger partial charge is 0.331 e. The van der Waals surface area contributed by atoms with Crippen LogP contribution >= 0.6 is 0 Å². The molecular formula is C25H29N3O3. The summed E-state index contributed by atoms with van der Waals surface area (Å²) in [5.41, 5.74) is 3.71. The molecule has 2 aliphatic rings. The monoisotopic (exact) mass is 419 g/mol. The third-order valence-corrected chi connectivity index (χ3v) is 6.59. The van der Waals surface area contributed by atoms with Gasteiger partial charge in [-0.05, 0) is 55.4 Å². The van der Waals surface area contributed by atoms with E-state index in [0.717, 1.165) is 37.9 Å². The molecule has 1 saturated carbocycles. The Kier molecular flexibility index (Phi) is 5.28. The number of hydrogen-bond acceptors (Lipinski definition) is 4. The van der Waals surface area contributed by atoms with Crippen LogP contribution in [-0.4, -0.2) is 38.3 Å². The third-order valence-electron chi connectivity index (χ3n) is 6.59. The lowest BCUT2D eigenvalue weighted by atomic mass is 10.00. The van der Waals surface area contributed by atoms with Crippen molar-refractivity contribution < 1.29 is 5.11 Å². The van der Waals surface area contributed by atoms with Crippen molar-refractivity contribution in [3.8, 4) is 0 Å². The predicted molar refractivity (Wildman–Crippen MR) is 121 cm³/mol. The first-order chi connectivity index (χ1) is 15.0. The third kappa shape index (κ3) is 4.10. The summed E-state index contributed by atoms with van der Waals surface area (Å²) in [6, 6.07) is 14.1. The fourth-order valence-electron chi connectivity index (χ4n) is 4.71. The molecule has 1 fully saturated rings. The minimum atomic E-state index is -0.785. The normalized spacial score (nSPS) is 17.6. The van der Waals surface area contributed by atoms with Crippen LogP contribution in [0.5, 0.6) is 0 Å². The van der Waals surface area contributed by atoms with Gasteiger partial charge in [0.05, 0.1) is 23.6 Å². The summed E-state index contributed by atoms with van der Waals surface area (Å²) in [7, 11) is 0. The Bertz CT molecular complexity index is 1240. The second-order valence-electron chi connectivity index (χ2n) is 9.18. The van der Waals surface area contributed by atoms with E-state index in [1.54, 1.807) is 4.57 Å². The maximum Gasteiger partial charge on any atom is 0.331 e. The van der Waals surface area contributed by atoms with Crippen molar-refractivity contribution in [1.82, 2.24) is 14.0 Å². The zero-order chi connectivity index (χ0) is 21.5. The van der Waals surface area contributed by atoms with E-state index < -0.39 is 6.10 Å². The first-order valence-corrected chi connectivity index (χ1v) is 11.2. The fourth-order valence-corrected chi connectivity index (χ4v) is 4.71. The van der Waals surface area contributed by atoms with E-state index >= 15 is 0 Å². The summed E-state index contributed by atoms with van der Waals surface area (Å²) in [6.07, 6.45) is 2.41. The van der Waals surface area contributed by atoms with Crippen LogP contribution in [0.1, 0.15) is 29.5 Å². The van der Waals surface area contributed by atoms with E-state index in [1.165, 1.54) is 15.7 Å². The first-order valence-electron chi connectivity index (χ1n) is 11.2. The molecule has 6 heteroatoms. The minimum absolute atomic E-state index is 0.0182. The van der Waals surface area contributed by atoms with E-state index in [1.807, 2.05) is 31.2 Å². The Labute approximate surface area is 181 Å². The maximum absolute atomic E-state index is 13.2. The lowest BCUT2D eigenvalue weighted by molar-refractivity contribution is 0.0896. The van der Waals surface area contributed by atoms with Crippen molar-refractivity contribution in [1.29, 1.82) is 0 Å². The number of benzene rings is 2. The van der Waals surface area contributed by atoms with E-state index in [2.05, 4.69) is 23.1 Å². The molecule has 6 nitrogen and oxygen atoms in total. The van der Waals surface area contributed by atoms with Gasteiger partial charge in [-0.15, -0.1) is 0 Å². The van der Waals surface area contributed by atoms with Gasteiger partial charge in [0, 0.05) is 26.2 Å². The average molecular weight is 420 g/mol. The highest BCUT2D eigenvalue weighted by Crippen LogP contribution is 2.31. The summed E-state index contributed by atoms with van der Waals surface area (Å²) in [4.78, 5) is 28.6. The summed E-state index contributed by atoms with van der Waals surface area (Å²) in [5, 5.41) is 11.4. The quantitative estimate of drug-likeness (QED) is 0.666. The number of β-amino-alcohol motifs (C(OH)–C–C–N with tert-alkyl or cyclic N) is 1. The molecule has 31 heavy (non-hydrogen) atoms. The molecule has 1 aliphatic heterocycles. The number of aliphatic hydroxyl groups is 1. The van der Waals surface area contributed by atoms with Crippen molar-refractivity contribution in [2.45, 2.75) is 51.9 Å². The number of rotatable bonds is 6. The van der Waals surface area contributed by atoms with Crippen molar-refractivity contribution >= 4 is 10.9 Å². The molecule has 0 amide bonds. The summed E-state index contributed by atoms with van der Waals surface area (Å²) in [6.45, 7) is 4.69. The van der Waals surface area contributed by atoms with Gasteiger partial charge in [-0.1, -0.05) is 35.9 Å². The van der Waals surface area contributed by atoms with Gasteiger partial charge < -0.3 is 5.11 Å². The largest absolute Gasteiger partial charge is 0.390 e. The number of aliphatic hydroxyl groups excluding tert-OH is 1. The van der Waals surface area contributed by atoms with Crippen molar-refractivity contribution in [2.75, 3.05) is 13.1 Å². The number of hydrogen-bond donors (Lipinski definition) is 1. The van der Waals surface area contributed by atoms with Gasteiger partial charge in [-0.3, -0.25) is 18.8 Å². The van der Waals surface area contributed by atoms with Gasteiger partial charge in [-0.25, -0.2) is 4.79 Å². The van der Waals surface area contributed by atoms with E-state index in [-0.39, 0.29) is 17.8 Å². The molecule has 1 N–H and O–H groups in total. The standard InChI is InChI=1S/C25H29N3O3/c1-17-6-9-23-22(12-17)24(30)28(25(31)27(23)13-18-7-8-18)16-21(29)15-26-11-10-19-4-2-3-5-20(19)14-26/h2-6,9,12,18,21,29H,7-8,10-11,13-16H2,1H3. The van der Waals surface area contributed by atoms with Gasteiger partial charge in [0.1, 0.15) is 0 Å². The fraction of sp³-hybridized carbons (Fsp3) is 0.440. The van der Waals surface area contributed by atoms with Crippen LogP contribution in [0.3, 0.4) is 0 Å². The predicted octanol–water partition coefficient (Wildman–Crippen LogP) is 2.30. The van der Waals surface area contributed by atoms with Gasteiger partial charge >= 0.3 is 5.69 Å². The highest BCUT2D eigenvalue weighted by Gasteiger charge is 2.25. The Morgan fingerprint density at radius 3 is 2.58 bits per heavy atom. The molecule has 3 aromatic rings. The molecule has 1 atom stereocenters. The molecular weight excluding hydrogens is 390 g/mol. The van der Waals surface area contributed by atoms with E-state index in [9.17, 15) is 14.7 Å². The first kappa shape index (κ1) is 20.2. The Balaban J connectivity index is 1.42. The summed E-state index contributed by atoms with van der Waals surface area (Å²) in [5.74, 6) is 0.506. The molecule has 0 saturated heterocycles. The van der Waals surface area contributed by atoms with Crippen LogP contribution in [0.15, 0.2) is 52.1 Å². The lowest BCUT2D eigenvalue weighted by Crippen LogP contribution is -2.45. The molecule has 0 bridgehead atoms. The SMILES string of the molecule is Cc1ccc2c(c1)c(=O)n(CC(O)CN1CCc3ccccc3C1)c(=O)n2CC1CC1. The second-order valence-corrected chi connectivity index (χ2v) is 9.18. The highest BCUT2D eigenvalue weighted by molar-refractivity contribution is 5.78. The maximum atomic E-state index is 13.2. The molecule has 0 radical (unpaired) electrons. The number of nitrogens with zero attached hydrogens (tertiary/aromatic N) is 3. The van der Waals surface area contributed by atoms with Crippen LogP contribution < -0.4 is 11.2 Å². The Morgan fingerprint density at radius 2 is 1.81 bits per heavy atom. The molecule has 2 heterocycles. The van der Waals surface area contributed by atoms with Crippen LogP contribution in [0.4, 0.5) is 0 Å². The van der Waals surface area contributed by atoms with Crippen molar-refractivity contribution in [2.24, 2.45) is 5.92 Å². The zero-order valence-corrected chi connectivity index (χ0v) is 18.0. The lowest BCUT2D eigenvalue weighted by Gasteiger charge is -2.30. The molecule has 5 rings (SSSR count). The van der Waals surface area contributed by atoms with Crippen molar-refractivity contribution in [3.05, 3.63) is 80.0 Å². The van der Waals surface area contributed by atoms with Crippen LogP contribution in [-0.2, 0) is 26.1 Å². The average Bonchev–Trinajstić information content (AvgIpc) is 3.58. The van der Waals surface area contributed by atoms with Gasteiger partial charge in [0.25, 0.3) is 5.56 Å². The molecule has 162 valence electrons. The van der Waals surface area contributed by atoms with Gasteiger partial charge in [-0.2, -0.15) is 0 Å². The van der Waals surface area contributed by atoms with E-state index in [4.69, 9.17) is 0 Å². The minimum Gasteiger partial charge on any atom is -0.390 e. The summed E-state index contributed by atoms with van der Waals surface area (Å²) >= 11 is 0. The summed E-state index contributed by atoms with van der Waals surface area (Å²) < 4.78 is 2.98. The molecule has 0 spiro atoms. The van der Waals surface area contributed by atoms with Crippen LogP contribution in [0.2, 0.25) is 0 Å². The number of fused-ring (bicyclic) bond motifs is 2. The second kappa shape index (κ2) is 8.09. The highest BCUT2D eigenvalue weighted by atomic mass is 16.3. The Hall–Kier alpha value is -2.70. The number of aryl methyl sites for hydroxylation is 1. The topological polar surface area (TPSA) is 67.5 Å². The van der Waals surface area contributed by atoms with Crippen LogP contribution in [0, 0.1) is 12.8 Å². The molecule has 2 aromatic carbocycles. The van der Waals surface area contributed by atoms with Gasteiger partial charge in [0.15, 0.2) is 0 Å². The molecule has 1 unspecified atom stereocenters. The van der Waals surface area contributed by atoms with Gasteiger partial charge in [0.2, 0.25) is 0 Å². The Morgan fingerprint density at radius 1 is 1.03 bits per heavy atom. The molecule has 1 aliphatic carbocycles.